The van der Waals surface area contributed by atoms with Crippen LogP contribution in [0.5, 0.6) is 0 Å². The van der Waals surface area contributed by atoms with Gasteiger partial charge in [0.15, 0.2) is 0 Å². The van der Waals surface area contributed by atoms with Crippen molar-refractivity contribution in [3.8, 4) is 0 Å². The van der Waals surface area contributed by atoms with Gasteiger partial charge in [0.05, 0.1) is 12.8 Å². The van der Waals surface area contributed by atoms with Gasteiger partial charge in [-0.3, -0.25) is 9.59 Å². The lowest BCUT2D eigenvalue weighted by molar-refractivity contribution is -0.141. The molecular formula is C12H19N3O3. The molecule has 6 heteroatoms. The van der Waals surface area contributed by atoms with Crippen molar-refractivity contribution in [2.24, 2.45) is 0 Å². The van der Waals surface area contributed by atoms with Gasteiger partial charge in [0.1, 0.15) is 12.2 Å². The van der Waals surface area contributed by atoms with Crippen molar-refractivity contribution < 1.29 is 14.3 Å². The molecule has 0 fully saturated rings. The molecule has 0 atom stereocenters. The average molecular weight is 253 g/mol. The summed E-state index contributed by atoms with van der Waals surface area (Å²) >= 11 is 0. The number of nitrogens with zero attached hydrogens (tertiary/aromatic N) is 2. The van der Waals surface area contributed by atoms with E-state index in [0.717, 1.165) is 0 Å². The highest BCUT2D eigenvalue weighted by molar-refractivity contribution is 5.95. The molecule has 0 aliphatic carbocycles. The van der Waals surface area contributed by atoms with Gasteiger partial charge in [0.2, 0.25) is 0 Å². The lowest BCUT2D eigenvalue weighted by Gasteiger charge is -2.18. The lowest BCUT2D eigenvalue weighted by atomic mass is 10.3. The summed E-state index contributed by atoms with van der Waals surface area (Å²) in [5, 5.41) is 0. The van der Waals surface area contributed by atoms with Crippen LogP contribution in [0.15, 0.2) is 12.3 Å². The van der Waals surface area contributed by atoms with Gasteiger partial charge in [-0.25, -0.2) is 0 Å². The van der Waals surface area contributed by atoms with E-state index in [2.05, 4.69) is 4.74 Å². The monoisotopic (exact) mass is 253 g/mol. The number of ether oxygens (including phenoxy) is 1. The van der Waals surface area contributed by atoms with Crippen molar-refractivity contribution in [2.75, 3.05) is 26.4 Å². The van der Waals surface area contributed by atoms with Gasteiger partial charge >= 0.3 is 5.97 Å². The maximum absolute atomic E-state index is 12.2. The number of nitrogens with two attached hydrogens (primary N) is 1. The summed E-state index contributed by atoms with van der Waals surface area (Å²) in [5.41, 5.74) is 6.69. The number of nitrogen functional groups attached to an aromatic ring is 1. The molecule has 0 aliphatic heterocycles. The fourth-order valence-electron chi connectivity index (χ4n) is 1.62. The van der Waals surface area contributed by atoms with Crippen LogP contribution in [-0.2, 0) is 9.53 Å². The molecule has 0 saturated carbocycles. The van der Waals surface area contributed by atoms with E-state index in [1.807, 2.05) is 13.8 Å². The smallest absolute Gasteiger partial charge is 0.325 e. The van der Waals surface area contributed by atoms with Crippen LogP contribution in [0.1, 0.15) is 30.4 Å². The Morgan fingerprint density at radius 3 is 2.61 bits per heavy atom. The third-order valence-corrected chi connectivity index (χ3v) is 2.59. The Hall–Kier alpha value is -1.98. The highest BCUT2D eigenvalue weighted by Crippen LogP contribution is 2.17. The lowest BCUT2D eigenvalue weighted by Crippen LogP contribution is -2.34. The Labute approximate surface area is 106 Å². The zero-order chi connectivity index (χ0) is 13.9. The summed E-state index contributed by atoms with van der Waals surface area (Å²) in [6.07, 6.45) is 1.71. The van der Waals surface area contributed by atoms with Crippen LogP contribution in [-0.4, -0.2) is 42.0 Å². The summed E-state index contributed by atoms with van der Waals surface area (Å²) in [6, 6.07) is 1.73. The summed E-state index contributed by atoms with van der Waals surface area (Å²) < 4.78 is 6.31. The number of carbonyl (C=O) groups excluding carboxylic acids is 2. The first kappa shape index (κ1) is 14.1. The van der Waals surface area contributed by atoms with Crippen molar-refractivity contribution in [2.45, 2.75) is 19.9 Å². The predicted octanol–water partition coefficient (Wildman–Crippen LogP) is 0.896. The predicted molar refractivity (Wildman–Crippen MR) is 68.2 cm³/mol. The summed E-state index contributed by atoms with van der Waals surface area (Å²) in [7, 11) is 2.84. The first-order valence-electron chi connectivity index (χ1n) is 5.66. The van der Waals surface area contributed by atoms with Crippen LogP contribution in [0.4, 0.5) is 5.69 Å². The van der Waals surface area contributed by atoms with Gasteiger partial charge in [-0.1, -0.05) is 0 Å². The van der Waals surface area contributed by atoms with Crippen LogP contribution in [0.2, 0.25) is 0 Å². The molecule has 1 heterocycles. The third-order valence-electron chi connectivity index (χ3n) is 2.59. The number of methoxy groups -OCH3 is 1. The van der Waals surface area contributed by atoms with Gasteiger partial charge in [-0.05, 0) is 19.9 Å². The molecule has 0 bridgehead atoms. The highest BCUT2D eigenvalue weighted by Gasteiger charge is 2.20. The van der Waals surface area contributed by atoms with Crippen molar-refractivity contribution >= 4 is 17.6 Å². The van der Waals surface area contributed by atoms with Crippen molar-refractivity contribution in [1.82, 2.24) is 9.47 Å². The Morgan fingerprint density at radius 2 is 2.11 bits per heavy atom. The molecule has 0 spiro atoms. The van der Waals surface area contributed by atoms with Crippen LogP contribution in [0.3, 0.4) is 0 Å². The number of rotatable bonds is 4. The SMILES string of the molecule is COC(=O)CN(C)C(=O)c1cc(N)cn1C(C)C. The molecule has 0 aliphatic rings. The van der Waals surface area contributed by atoms with E-state index in [-0.39, 0.29) is 18.5 Å². The van der Waals surface area contributed by atoms with Gasteiger partial charge in [-0.15, -0.1) is 0 Å². The van der Waals surface area contributed by atoms with Crippen LogP contribution >= 0.6 is 0 Å². The maximum atomic E-state index is 12.2. The van der Waals surface area contributed by atoms with Gasteiger partial charge < -0.3 is 19.9 Å². The fourth-order valence-corrected chi connectivity index (χ4v) is 1.62. The number of esters is 1. The van der Waals surface area contributed by atoms with Crippen molar-refractivity contribution in [1.29, 1.82) is 0 Å². The van der Waals surface area contributed by atoms with E-state index in [9.17, 15) is 9.59 Å². The topological polar surface area (TPSA) is 77.6 Å². The van der Waals surface area contributed by atoms with E-state index in [1.165, 1.54) is 12.0 Å². The van der Waals surface area contributed by atoms with Crippen molar-refractivity contribution in [3.05, 3.63) is 18.0 Å². The fraction of sp³-hybridized carbons (Fsp3) is 0.500. The first-order chi connectivity index (χ1) is 8.36. The molecule has 1 amide bonds. The number of carbonyl (C=O) groups is 2. The van der Waals surface area contributed by atoms with E-state index >= 15 is 0 Å². The number of hydrogen-bond donors (Lipinski definition) is 1. The molecule has 0 aromatic carbocycles. The number of hydrogen-bond acceptors (Lipinski definition) is 4. The number of likely N-dealkylation sites (N-methyl/N-ethyl adjacent to an activating group) is 1. The van der Waals surface area contributed by atoms with Gasteiger partial charge in [0, 0.05) is 19.3 Å². The molecule has 1 rings (SSSR count). The molecule has 18 heavy (non-hydrogen) atoms. The molecule has 100 valence electrons. The summed E-state index contributed by atoms with van der Waals surface area (Å²) in [4.78, 5) is 24.6. The minimum absolute atomic E-state index is 0.0848. The summed E-state index contributed by atoms with van der Waals surface area (Å²) in [6.45, 7) is 3.82. The largest absolute Gasteiger partial charge is 0.468 e. The highest BCUT2D eigenvalue weighted by atomic mass is 16.5. The summed E-state index contributed by atoms with van der Waals surface area (Å²) in [5.74, 6) is -0.715. The normalized spacial score (nSPS) is 10.5. The van der Waals surface area contributed by atoms with E-state index in [4.69, 9.17) is 5.73 Å². The Bertz CT molecular complexity index is 451. The number of anilines is 1. The zero-order valence-corrected chi connectivity index (χ0v) is 11.1. The second-order valence-corrected chi connectivity index (χ2v) is 4.40. The Kier molecular flexibility index (Phi) is 4.36. The molecule has 6 nitrogen and oxygen atoms in total. The molecule has 2 N–H and O–H groups in total. The van der Waals surface area contributed by atoms with Crippen LogP contribution in [0.25, 0.3) is 0 Å². The van der Waals surface area contributed by atoms with E-state index in [0.29, 0.717) is 11.4 Å². The zero-order valence-electron chi connectivity index (χ0n) is 11.1. The van der Waals surface area contributed by atoms with Crippen molar-refractivity contribution in [3.63, 3.8) is 0 Å². The molecular weight excluding hydrogens is 234 g/mol. The standard InChI is InChI=1S/C12H19N3O3/c1-8(2)15-6-9(13)5-10(15)12(17)14(3)7-11(16)18-4/h5-6,8H,7,13H2,1-4H3. The Balaban J connectivity index is 2.93. The number of aromatic nitrogens is 1. The molecule has 0 saturated heterocycles. The second kappa shape index (κ2) is 5.57. The first-order valence-corrected chi connectivity index (χ1v) is 5.66. The van der Waals surface area contributed by atoms with Gasteiger partial charge in [-0.2, -0.15) is 0 Å². The minimum Gasteiger partial charge on any atom is -0.468 e. The minimum atomic E-state index is -0.457. The molecule has 0 radical (unpaired) electrons. The van der Waals surface area contributed by atoms with Crippen LogP contribution in [0, 0.1) is 0 Å². The average Bonchev–Trinajstić information content (AvgIpc) is 2.70. The van der Waals surface area contributed by atoms with Crippen LogP contribution < -0.4 is 5.73 Å². The number of amides is 1. The van der Waals surface area contributed by atoms with E-state index in [1.54, 1.807) is 23.9 Å². The molecule has 1 aromatic heterocycles. The molecule has 0 unspecified atom stereocenters. The third kappa shape index (κ3) is 3.03. The molecule has 1 aromatic rings. The second-order valence-electron chi connectivity index (χ2n) is 4.40. The van der Waals surface area contributed by atoms with E-state index < -0.39 is 5.97 Å². The Morgan fingerprint density at radius 1 is 1.50 bits per heavy atom. The van der Waals surface area contributed by atoms with Gasteiger partial charge in [0.25, 0.3) is 5.91 Å². The maximum Gasteiger partial charge on any atom is 0.325 e. The quantitative estimate of drug-likeness (QED) is 0.809.